The molecule has 0 rings (SSSR count). The second-order valence-corrected chi connectivity index (χ2v) is 17.9. The summed E-state index contributed by atoms with van der Waals surface area (Å²) in [7, 11) is 1.64. The maximum Gasteiger partial charge on any atom is 0.0701 e. The van der Waals surface area contributed by atoms with Gasteiger partial charge >= 0.3 is 0 Å². The quantitative estimate of drug-likeness (QED) is 0.0790. The first-order valence-electron chi connectivity index (χ1n) is 31.7. The molecule has 0 heterocycles. The Bertz CT molecular complexity index is 1120. The molecule has 0 spiro atoms. The third-order valence-corrected chi connectivity index (χ3v) is 10.7. The predicted molar refractivity (Wildman–Crippen MR) is 322 cm³/mol. The monoisotopic (exact) mass is 1310 g/mol. The minimum atomic E-state index is 0.0169. The maximum absolute atomic E-state index is 8.62. The molecule has 0 aliphatic carbocycles. The lowest BCUT2D eigenvalue weighted by molar-refractivity contribution is -0.0324. The summed E-state index contributed by atoms with van der Waals surface area (Å²) in [4.78, 5) is 0. The molecular formula is C59H120O30. The molecule has 0 unspecified atom stereocenters. The molecular weight excluding hydrogens is 1190 g/mol. The number of aliphatic hydroxyl groups is 1. The van der Waals surface area contributed by atoms with Gasteiger partial charge in [-0.15, -0.1) is 0 Å². The fourth-order valence-electron chi connectivity index (χ4n) is 6.25. The van der Waals surface area contributed by atoms with Gasteiger partial charge in [0.25, 0.3) is 0 Å². The van der Waals surface area contributed by atoms with E-state index in [0.717, 1.165) is 0 Å². The molecule has 0 fully saturated rings. The average Bonchev–Trinajstić information content (AvgIpc) is 3.54. The number of hydrogen-bond donors (Lipinski definition) is 1. The second kappa shape index (κ2) is 86.8. The van der Waals surface area contributed by atoms with E-state index in [9.17, 15) is 0 Å². The van der Waals surface area contributed by atoms with Crippen molar-refractivity contribution in [3.63, 3.8) is 0 Å². The Hall–Kier alpha value is -1.20. The average molecular weight is 1310 g/mol. The molecule has 0 saturated heterocycles. The number of rotatable bonds is 86. The molecule has 0 aromatic heterocycles. The lowest BCUT2D eigenvalue weighted by Gasteiger charge is -2.09. The van der Waals surface area contributed by atoms with Crippen molar-refractivity contribution in [3.05, 3.63) is 0 Å². The summed E-state index contributed by atoms with van der Waals surface area (Å²) in [5.41, 5.74) is 0. The van der Waals surface area contributed by atoms with Gasteiger partial charge in [0.2, 0.25) is 0 Å². The third kappa shape index (κ3) is 86.8. The highest BCUT2D eigenvalue weighted by molar-refractivity contribution is 4.44. The van der Waals surface area contributed by atoms with Gasteiger partial charge in [-0.1, -0.05) is 0 Å². The van der Waals surface area contributed by atoms with Crippen molar-refractivity contribution in [2.75, 3.05) is 390 Å². The summed E-state index contributed by atoms with van der Waals surface area (Å²) in [5.74, 6) is 0. The molecule has 0 aromatic carbocycles. The summed E-state index contributed by atoms with van der Waals surface area (Å²) in [6.07, 6.45) is 0. The lowest BCUT2D eigenvalue weighted by atomic mass is 10.6. The van der Waals surface area contributed by atoms with Gasteiger partial charge in [0, 0.05) is 7.11 Å². The number of methoxy groups -OCH3 is 1. The standard InChI is InChI=1S/C59H120O30/c1-61-4-5-63-8-9-65-12-13-67-16-17-69-20-21-71-24-25-73-28-29-75-32-33-77-36-37-79-40-41-81-44-45-83-48-49-85-52-53-87-56-57-89-59-58-88-55-54-86-51-50-84-47-46-82-43-42-80-39-38-78-35-34-76-31-30-74-27-26-72-23-22-70-19-18-68-15-14-66-11-10-64-7-6-62-3-2-60/h60H,2-59H2,1H3. The lowest BCUT2D eigenvalue weighted by Crippen LogP contribution is -2.16. The van der Waals surface area contributed by atoms with Crippen LogP contribution in [0.3, 0.4) is 0 Å². The summed E-state index contributed by atoms with van der Waals surface area (Å²) < 4.78 is 158. The van der Waals surface area contributed by atoms with Gasteiger partial charge in [0.1, 0.15) is 0 Å². The third-order valence-electron chi connectivity index (χ3n) is 10.7. The van der Waals surface area contributed by atoms with Crippen molar-refractivity contribution in [1.29, 1.82) is 0 Å². The van der Waals surface area contributed by atoms with Gasteiger partial charge in [-0.2, -0.15) is 0 Å². The molecule has 0 radical (unpaired) electrons. The van der Waals surface area contributed by atoms with Crippen LogP contribution in [0.5, 0.6) is 0 Å². The van der Waals surface area contributed by atoms with Crippen LogP contribution in [0.1, 0.15) is 0 Å². The minimum Gasteiger partial charge on any atom is -0.394 e. The smallest absolute Gasteiger partial charge is 0.0701 e. The van der Waals surface area contributed by atoms with E-state index in [1.807, 2.05) is 0 Å². The van der Waals surface area contributed by atoms with E-state index in [1.54, 1.807) is 7.11 Å². The summed E-state index contributed by atoms with van der Waals surface area (Å²) >= 11 is 0. The van der Waals surface area contributed by atoms with Crippen LogP contribution in [0.4, 0.5) is 0 Å². The molecule has 89 heavy (non-hydrogen) atoms. The normalized spacial score (nSPS) is 11.8. The van der Waals surface area contributed by atoms with E-state index in [4.69, 9.17) is 142 Å². The molecule has 0 saturated carbocycles. The van der Waals surface area contributed by atoms with E-state index < -0.39 is 0 Å². The van der Waals surface area contributed by atoms with E-state index in [2.05, 4.69) is 0 Å². The fraction of sp³-hybridized carbons (Fsp3) is 1.00. The zero-order chi connectivity index (χ0) is 63.5. The van der Waals surface area contributed by atoms with Gasteiger partial charge < -0.3 is 142 Å². The predicted octanol–water partition coefficient (Wildman–Crippen LogP) is 0.0899. The highest BCUT2D eigenvalue weighted by Gasteiger charge is 2.01. The van der Waals surface area contributed by atoms with Crippen molar-refractivity contribution in [1.82, 2.24) is 0 Å². The number of hydrogen-bond acceptors (Lipinski definition) is 30. The number of aliphatic hydroxyl groups excluding tert-OH is 1. The zero-order valence-corrected chi connectivity index (χ0v) is 54.3. The molecule has 0 aliphatic heterocycles. The van der Waals surface area contributed by atoms with Crippen molar-refractivity contribution >= 4 is 0 Å². The van der Waals surface area contributed by atoms with Crippen LogP contribution in [0, 0.1) is 0 Å². The highest BCUT2D eigenvalue weighted by atomic mass is 16.6. The van der Waals surface area contributed by atoms with Crippen LogP contribution in [-0.2, 0) is 137 Å². The first-order valence-corrected chi connectivity index (χ1v) is 31.7. The van der Waals surface area contributed by atoms with Crippen molar-refractivity contribution < 1.29 is 142 Å². The highest BCUT2D eigenvalue weighted by Crippen LogP contribution is 1.92. The first kappa shape index (κ1) is 87.8. The SMILES string of the molecule is COCCOCCOCCOCCOCCOCCOCCOCCOCCOCCOCCOCCOCCOCCOCCOCCOCCOCCOCCOCCOCCOCCOCCOCCOCCOCCOCCOCCOCCO. The van der Waals surface area contributed by atoms with Gasteiger partial charge in [-0.05, 0) is 0 Å². The Labute approximate surface area is 531 Å². The number of ether oxygens (including phenoxy) is 29. The van der Waals surface area contributed by atoms with Crippen LogP contribution in [0.15, 0.2) is 0 Å². The van der Waals surface area contributed by atoms with Crippen LogP contribution < -0.4 is 0 Å². The van der Waals surface area contributed by atoms with Crippen molar-refractivity contribution in [3.8, 4) is 0 Å². The van der Waals surface area contributed by atoms with Crippen LogP contribution >= 0.6 is 0 Å². The molecule has 30 heteroatoms. The van der Waals surface area contributed by atoms with Gasteiger partial charge in [0.05, 0.1) is 383 Å². The molecule has 1 N–H and O–H groups in total. The maximum atomic E-state index is 8.62. The molecule has 0 aliphatic rings. The Morgan fingerprint density at radius 2 is 0.180 bits per heavy atom. The van der Waals surface area contributed by atoms with Crippen LogP contribution in [-0.4, -0.2) is 395 Å². The molecule has 30 nitrogen and oxygen atoms in total. The van der Waals surface area contributed by atoms with E-state index >= 15 is 0 Å². The van der Waals surface area contributed by atoms with Gasteiger partial charge in [-0.3, -0.25) is 0 Å². The van der Waals surface area contributed by atoms with Gasteiger partial charge in [-0.25, -0.2) is 0 Å². The fourth-order valence-corrected chi connectivity index (χ4v) is 6.25. The summed E-state index contributed by atoms with van der Waals surface area (Å²) in [6, 6.07) is 0. The topological polar surface area (TPSA) is 288 Å². The molecule has 0 amide bonds. The Kier molecular flexibility index (Phi) is 85.6. The second-order valence-electron chi connectivity index (χ2n) is 17.9. The van der Waals surface area contributed by atoms with E-state index in [1.165, 1.54) is 0 Å². The largest absolute Gasteiger partial charge is 0.394 e. The molecule has 0 aromatic rings. The minimum absolute atomic E-state index is 0.0169. The van der Waals surface area contributed by atoms with E-state index in [-0.39, 0.29) is 6.61 Å². The molecule has 0 bridgehead atoms. The molecule has 536 valence electrons. The Morgan fingerprint density at radius 1 is 0.112 bits per heavy atom. The Morgan fingerprint density at radius 3 is 0.247 bits per heavy atom. The van der Waals surface area contributed by atoms with Crippen LogP contribution in [0.2, 0.25) is 0 Å². The summed E-state index contributed by atoms with van der Waals surface area (Å²) in [5, 5.41) is 8.62. The van der Waals surface area contributed by atoms with E-state index in [0.29, 0.717) is 377 Å². The molecule has 0 atom stereocenters. The van der Waals surface area contributed by atoms with Crippen molar-refractivity contribution in [2.24, 2.45) is 0 Å². The summed E-state index contributed by atoms with van der Waals surface area (Å²) in [6.45, 7) is 28.0. The zero-order valence-electron chi connectivity index (χ0n) is 54.3. The van der Waals surface area contributed by atoms with Crippen LogP contribution in [0.25, 0.3) is 0 Å². The van der Waals surface area contributed by atoms with Gasteiger partial charge in [0.15, 0.2) is 0 Å². The first-order chi connectivity index (χ1) is 44.4. The van der Waals surface area contributed by atoms with Crippen molar-refractivity contribution in [2.45, 2.75) is 0 Å². The Balaban J connectivity index is 3.08.